The summed E-state index contributed by atoms with van der Waals surface area (Å²) >= 11 is 0. The van der Waals surface area contributed by atoms with E-state index < -0.39 is 0 Å². The van der Waals surface area contributed by atoms with Crippen LogP contribution in [0.3, 0.4) is 0 Å². The molecule has 0 spiro atoms. The lowest BCUT2D eigenvalue weighted by molar-refractivity contribution is 0.415. The van der Waals surface area contributed by atoms with Gasteiger partial charge < -0.3 is 10.1 Å². The van der Waals surface area contributed by atoms with Gasteiger partial charge in [-0.15, -0.1) is 0 Å². The molecule has 3 heteroatoms. The maximum Gasteiger partial charge on any atom is 0.121 e. The predicted octanol–water partition coefficient (Wildman–Crippen LogP) is 2.78. The second kappa shape index (κ2) is 5.26. The van der Waals surface area contributed by atoms with Crippen LogP contribution in [0.15, 0.2) is 18.2 Å². The van der Waals surface area contributed by atoms with E-state index in [1.807, 2.05) is 6.07 Å². The van der Waals surface area contributed by atoms with Crippen LogP contribution in [-0.4, -0.2) is 13.2 Å². The van der Waals surface area contributed by atoms with Crippen LogP contribution in [0.1, 0.15) is 25.8 Å². The SMILES string of the molecule is CCC(C)Nc1cc(OC)ccc1C#N. The van der Waals surface area contributed by atoms with E-state index in [1.165, 1.54) is 0 Å². The average molecular weight is 204 g/mol. The van der Waals surface area contributed by atoms with Crippen molar-refractivity contribution >= 4 is 5.69 Å². The van der Waals surface area contributed by atoms with Gasteiger partial charge in [0.25, 0.3) is 0 Å². The van der Waals surface area contributed by atoms with Crippen LogP contribution in [0.5, 0.6) is 5.75 Å². The van der Waals surface area contributed by atoms with E-state index in [1.54, 1.807) is 19.2 Å². The van der Waals surface area contributed by atoms with Gasteiger partial charge in [-0.2, -0.15) is 5.26 Å². The summed E-state index contributed by atoms with van der Waals surface area (Å²) in [5, 5.41) is 12.2. The van der Waals surface area contributed by atoms with Crippen LogP contribution in [0.4, 0.5) is 5.69 Å². The molecule has 0 fully saturated rings. The first-order valence-corrected chi connectivity index (χ1v) is 5.06. The van der Waals surface area contributed by atoms with E-state index in [0.29, 0.717) is 11.6 Å². The lowest BCUT2D eigenvalue weighted by Crippen LogP contribution is -2.14. The van der Waals surface area contributed by atoms with Crippen molar-refractivity contribution in [1.82, 2.24) is 0 Å². The van der Waals surface area contributed by atoms with Crippen LogP contribution in [0.2, 0.25) is 0 Å². The number of hydrogen-bond donors (Lipinski definition) is 1. The fourth-order valence-corrected chi connectivity index (χ4v) is 1.23. The monoisotopic (exact) mass is 204 g/mol. The molecule has 1 aromatic rings. The minimum absolute atomic E-state index is 0.351. The fourth-order valence-electron chi connectivity index (χ4n) is 1.23. The molecule has 1 atom stereocenters. The lowest BCUT2D eigenvalue weighted by Gasteiger charge is -2.14. The smallest absolute Gasteiger partial charge is 0.121 e. The van der Waals surface area contributed by atoms with E-state index in [-0.39, 0.29) is 0 Å². The van der Waals surface area contributed by atoms with E-state index in [2.05, 4.69) is 25.2 Å². The van der Waals surface area contributed by atoms with Crippen LogP contribution in [0, 0.1) is 11.3 Å². The highest BCUT2D eigenvalue weighted by Crippen LogP contribution is 2.22. The van der Waals surface area contributed by atoms with Gasteiger partial charge >= 0.3 is 0 Å². The van der Waals surface area contributed by atoms with Gasteiger partial charge in [-0.05, 0) is 25.5 Å². The van der Waals surface area contributed by atoms with Gasteiger partial charge in [-0.1, -0.05) is 6.92 Å². The number of rotatable bonds is 4. The molecule has 0 aliphatic rings. The Balaban J connectivity index is 2.97. The molecule has 0 radical (unpaired) electrons. The Hall–Kier alpha value is -1.69. The molecule has 0 amide bonds. The van der Waals surface area contributed by atoms with Crippen molar-refractivity contribution in [2.24, 2.45) is 0 Å². The first-order chi connectivity index (χ1) is 7.21. The summed E-state index contributed by atoms with van der Waals surface area (Å²) < 4.78 is 5.12. The second-order valence-electron chi connectivity index (χ2n) is 3.48. The first-order valence-electron chi connectivity index (χ1n) is 5.06. The van der Waals surface area contributed by atoms with Crippen molar-refractivity contribution in [2.45, 2.75) is 26.3 Å². The maximum atomic E-state index is 8.94. The lowest BCUT2D eigenvalue weighted by atomic mass is 10.1. The van der Waals surface area contributed by atoms with Gasteiger partial charge in [0.2, 0.25) is 0 Å². The Bertz CT molecular complexity index is 368. The van der Waals surface area contributed by atoms with Gasteiger partial charge in [-0.3, -0.25) is 0 Å². The molecule has 3 nitrogen and oxygen atoms in total. The standard InChI is InChI=1S/C12H16N2O/c1-4-9(2)14-12-7-11(15-3)6-5-10(12)8-13/h5-7,9,14H,4H2,1-3H3. The third-order valence-electron chi connectivity index (χ3n) is 2.36. The van der Waals surface area contributed by atoms with Gasteiger partial charge in [0, 0.05) is 12.1 Å². The zero-order chi connectivity index (χ0) is 11.3. The summed E-state index contributed by atoms with van der Waals surface area (Å²) in [6.07, 6.45) is 1.02. The molecule has 0 aliphatic carbocycles. The molecular formula is C12H16N2O. The third kappa shape index (κ3) is 2.88. The number of nitriles is 1. The van der Waals surface area contributed by atoms with Crippen LogP contribution >= 0.6 is 0 Å². The van der Waals surface area contributed by atoms with E-state index in [0.717, 1.165) is 17.9 Å². The molecule has 1 N–H and O–H groups in total. The number of methoxy groups -OCH3 is 1. The van der Waals surface area contributed by atoms with E-state index >= 15 is 0 Å². The predicted molar refractivity (Wildman–Crippen MR) is 61.1 cm³/mol. The second-order valence-corrected chi connectivity index (χ2v) is 3.48. The molecule has 0 saturated heterocycles. The largest absolute Gasteiger partial charge is 0.497 e. The Labute approximate surface area is 90.7 Å². The molecule has 0 heterocycles. The summed E-state index contributed by atoms with van der Waals surface area (Å²) in [6.45, 7) is 4.19. The molecule has 0 saturated carbocycles. The highest BCUT2D eigenvalue weighted by Gasteiger charge is 2.06. The van der Waals surface area contributed by atoms with Crippen molar-refractivity contribution in [3.05, 3.63) is 23.8 Å². The Morgan fingerprint density at radius 1 is 1.53 bits per heavy atom. The van der Waals surface area contributed by atoms with Gasteiger partial charge in [0.05, 0.1) is 18.4 Å². The Morgan fingerprint density at radius 2 is 2.27 bits per heavy atom. The first kappa shape index (κ1) is 11.4. The molecule has 80 valence electrons. The van der Waals surface area contributed by atoms with Crippen LogP contribution < -0.4 is 10.1 Å². The molecule has 1 rings (SSSR count). The van der Waals surface area contributed by atoms with Crippen molar-refractivity contribution < 1.29 is 4.74 Å². The fraction of sp³-hybridized carbons (Fsp3) is 0.417. The summed E-state index contributed by atoms with van der Waals surface area (Å²) in [5.41, 5.74) is 1.49. The maximum absolute atomic E-state index is 8.94. The molecule has 0 aromatic heterocycles. The van der Waals surface area contributed by atoms with Crippen molar-refractivity contribution in [2.75, 3.05) is 12.4 Å². The summed E-state index contributed by atoms with van der Waals surface area (Å²) in [7, 11) is 1.62. The van der Waals surface area contributed by atoms with Crippen LogP contribution in [0.25, 0.3) is 0 Å². The van der Waals surface area contributed by atoms with Crippen molar-refractivity contribution in [3.8, 4) is 11.8 Å². The number of ether oxygens (including phenoxy) is 1. The number of hydrogen-bond acceptors (Lipinski definition) is 3. The zero-order valence-corrected chi connectivity index (χ0v) is 9.37. The number of nitrogens with one attached hydrogen (secondary N) is 1. The molecule has 1 aromatic carbocycles. The molecule has 1 unspecified atom stereocenters. The highest BCUT2D eigenvalue weighted by atomic mass is 16.5. The number of benzene rings is 1. The zero-order valence-electron chi connectivity index (χ0n) is 9.37. The van der Waals surface area contributed by atoms with Crippen molar-refractivity contribution in [1.29, 1.82) is 5.26 Å². The molecule has 0 bridgehead atoms. The van der Waals surface area contributed by atoms with Gasteiger partial charge in [0.1, 0.15) is 11.8 Å². The van der Waals surface area contributed by atoms with E-state index in [4.69, 9.17) is 10.00 Å². The number of nitrogens with zero attached hydrogens (tertiary/aromatic N) is 1. The quantitative estimate of drug-likeness (QED) is 0.820. The normalized spacial score (nSPS) is 11.6. The number of anilines is 1. The van der Waals surface area contributed by atoms with E-state index in [9.17, 15) is 0 Å². The average Bonchev–Trinajstić information content (AvgIpc) is 2.28. The van der Waals surface area contributed by atoms with Gasteiger partial charge in [-0.25, -0.2) is 0 Å². The summed E-state index contributed by atoms with van der Waals surface area (Å²) in [5.74, 6) is 0.764. The van der Waals surface area contributed by atoms with Crippen LogP contribution in [-0.2, 0) is 0 Å². The molecule has 0 aliphatic heterocycles. The summed E-state index contributed by atoms with van der Waals surface area (Å²) in [4.78, 5) is 0. The Kier molecular flexibility index (Phi) is 3.99. The Morgan fingerprint density at radius 3 is 2.80 bits per heavy atom. The minimum atomic E-state index is 0.351. The minimum Gasteiger partial charge on any atom is -0.497 e. The topological polar surface area (TPSA) is 45.0 Å². The third-order valence-corrected chi connectivity index (χ3v) is 2.36. The summed E-state index contributed by atoms with van der Waals surface area (Å²) in [6, 6.07) is 7.92. The van der Waals surface area contributed by atoms with Gasteiger partial charge in [0.15, 0.2) is 0 Å². The highest BCUT2D eigenvalue weighted by molar-refractivity contribution is 5.60. The van der Waals surface area contributed by atoms with Crippen molar-refractivity contribution in [3.63, 3.8) is 0 Å². The molecular weight excluding hydrogens is 188 g/mol. The molecule has 15 heavy (non-hydrogen) atoms.